The number of anilines is 1. The van der Waals surface area contributed by atoms with Gasteiger partial charge in [-0.15, -0.1) is 0 Å². The number of para-hydroxylation sites is 1. The summed E-state index contributed by atoms with van der Waals surface area (Å²) < 4.78 is 0. The highest BCUT2D eigenvalue weighted by Crippen LogP contribution is 2.28. The van der Waals surface area contributed by atoms with Crippen molar-refractivity contribution < 1.29 is 0 Å². The van der Waals surface area contributed by atoms with Crippen molar-refractivity contribution in [3.8, 4) is 0 Å². The molecule has 2 nitrogen and oxygen atoms in total. The molecule has 0 fully saturated rings. The summed E-state index contributed by atoms with van der Waals surface area (Å²) in [5.74, 6) is 0. The lowest BCUT2D eigenvalue weighted by molar-refractivity contribution is 0.273. The molecule has 0 amide bonds. The minimum atomic E-state index is 0.503. The molecule has 0 bridgehead atoms. The third-order valence-corrected chi connectivity index (χ3v) is 8.76. The molecular formula is C37H66N2. The molecule has 1 unspecified atom stereocenters. The highest BCUT2D eigenvalue weighted by Gasteiger charge is 2.26. The van der Waals surface area contributed by atoms with E-state index in [9.17, 15) is 0 Å². The Morgan fingerprint density at radius 2 is 0.872 bits per heavy atom. The first-order chi connectivity index (χ1) is 19.4. The van der Waals surface area contributed by atoms with Crippen LogP contribution in [0, 0.1) is 0 Å². The zero-order valence-electron chi connectivity index (χ0n) is 26.4. The van der Waals surface area contributed by atoms with Gasteiger partial charge in [0.05, 0.1) is 0 Å². The lowest BCUT2D eigenvalue weighted by atomic mass is 10.0. The summed E-state index contributed by atoms with van der Waals surface area (Å²) in [7, 11) is 0. The second-order valence-corrected chi connectivity index (χ2v) is 12.3. The van der Waals surface area contributed by atoms with Crippen LogP contribution in [-0.2, 0) is 0 Å². The molecule has 0 radical (unpaired) electrons. The molecule has 1 aromatic carbocycles. The molecule has 1 aliphatic heterocycles. The maximum atomic E-state index is 2.64. The molecule has 2 heteroatoms. The first-order valence-corrected chi connectivity index (χ1v) is 17.6. The second-order valence-electron chi connectivity index (χ2n) is 12.3. The van der Waals surface area contributed by atoms with E-state index in [0.29, 0.717) is 6.17 Å². The smallest absolute Gasteiger partial charge is 0.105 e. The first kappa shape index (κ1) is 33.8. The Kier molecular flexibility index (Phi) is 21.1. The van der Waals surface area contributed by atoms with Gasteiger partial charge in [-0.3, -0.25) is 0 Å². The predicted octanol–water partition coefficient (Wildman–Crippen LogP) is 12.4. The number of rotatable bonds is 27. The van der Waals surface area contributed by atoms with Crippen molar-refractivity contribution in [2.75, 3.05) is 11.4 Å². The Morgan fingerprint density at radius 1 is 0.462 bits per heavy atom. The standard InChI is InChI=1S/C37H66N2/c1-3-5-7-9-11-13-15-16-18-20-22-24-29-33-38-34-35-39(36-30-26-25-27-31-36)37(38)32-28-23-21-19-17-14-12-10-8-6-4-2/h25-27,30-31,34-35,37H,3-24,28-29,32-33H2,1-2H3. The molecule has 0 spiro atoms. The average molecular weight is 539 g/mol. The maximum Gasteiger partial charge on any atom is 0.105 e. The molecule has 0 saturated heterocycles. The van der Waals surface area contributed by atoms with Crippen LogP contribution < -0.4 is 4.90 Å². The number of hydrogen-bond acceptors (Lipinski definition) is 2. The molecule has 1 aliphatic rings. The van der Waals surface area contributed by atoms with Gasteiger partial charge in [0, 0.05) is 24.6 Å². The van der Waals surface area contributed by atoms with Gasteiger partial charge in [-0.05, 0) is 31.4 Å². The molecule has 1 atom stereocenters. The Labute approximate surface area is 245 Å². The van der Waals surface area contributed by atoms with Crippen molar-refractivity contribution in [2.45, 2.75) is 181 Å². The quantitative estimate of drug-likeness (QED) is 0.103. The summed E-state index contributed by atoms with van der Waals surface area (Å²) >= 11 is 0. The largest absolute Gasteiger partial charge is 0.356 e. The Hall–Kier alpha value is -1.44. The van der Waals surface area contributed by atoms with Crippen molar-refractivity contribution >= 4 is 5.69 Å². The van der Waals surface area contributed by atoms with Gasteiger partial charge in [-0.1, -0.05) is 173 Å². The number of hydrogen-bond donors (Lipinski definition) is 0. The van der Waals surface area contributed by atoms with Gasteiger partial charge in [0.15, 0.2) is 0 Å². The molecule has 0 aromatic heterocycles. The molecular weight excluding hydrogens is 472 g/mol. The zero-order chi connectivity index (χ0) is 27.6. The first-order valence-electron chi connectivity index (χ1n) is 17.6. The van der Waals surface area contributed by atoms with E-state index in [2.05, 4.69) is 66.4 Å². The number of unbranched alkanes of at least 4 members (excludes halogenated alkanes) is 22. The zero-order valence-corrected chi connectivity index (χ0v) is 26.4. The van der Waals surface area contributed by atoms with E-state index in [1.165, 1.54) is 173 Å². The van der Waals surface area contributed by atoms with Crippen molar-refractivity contribution in [3.05, 3.63) is 42.7 Å². The Morgan fingerprint density at radius 3 is 1.33 bits per heavy atom. The topological polar surface area (TPSA) is 6.48 Å². The minimum absolute atomic E-state index is 0.503. The Balaban J connectivity index is 1.57. The van der Waals surface area contributed by atoms with Crippen LogP contribution in [0.5, 0.6) is 0 Å². The molecule has 39 heavy (non-hydrogen) atoms. The van der Waals surface area contributed by atoms with Crippen LogP contribution in [0.2, 0.25) is 0 Å². The van der Waals surface area contributed by atoms with Gasteiger partial charge in [-0.25, -0.2) is 0 Å². The third kappa shape index (κ3) is 16.4. The normalized spacial score (nSPS) is 15.1. The highest BCUT2D eigenvalue weighted by molar-refractivity contribution is 5.51. The number of nitrogens with zero attached hydrogens (tertiary/aromatic N) is 2. The molecule has 0 aliphatic carbocycles. The molecule has 0 N–H and O–H groups in total. The Bertz CT molecular complexity index is 669. The molecule has 224 valence electrons. The summed E-state index contributed by atoms with van der Waals surface area (Å²) in [6.45, 7) is 5.82. The van der Waals surface area contributed by atoms with Crippen molar-refractivity contribution in [1.29, 1.82) is 0 Å². The minimum Gasteiger partial charge on any atom is -0.356 e. The molecule has 1 heterocycles. The summed E-state index contributed by atoms with van der Waals surface area (Å²) in [6, 6.07) is 11.0. The monoisotopic (exact) mass is 539 g/mol. The highest BCUT2D eigenvalue weighted by atomic mass is 15.4. The average Bonchev–Trinajstić information content (AvgIpc) is 3.37. The third-order valence-electron chi connectivity index (χ3n) is 8.76. The molecule has 1 aromatic rings. The van der Waals surface area contributed by atoms with Crippen LogP contribution in [0.1, 0.15) is 174 Å². The van der Waals surface area contributed by atoms with Crippen LogP contribution >= 0.6 is 0 Å². The summed E-state index contributed by atoms with van der Waals surface area (Å²) in [5.41, 5.74) is 1.34. The van der Waals surface area contributed by atoms with Crippen molar-refractivity contribution in [3.63, 3.8) is 0 Å². The van der Waals surface area contributed by atoms with E-state index in [0.717, 1.165) is 0 Å². The SMILES string of the molecule is CCCCCCCCCCCCCCCN1C=CN(c2ccccc2)C1CCCCCCCCCCCCC. The fraction of sp³-hybridized carbons (Fsp3) is 0.784. The summed E-state index contributed by atoms with van der Waals surface area (Å²) in [6.07, 6.45) is 40.6. The van der Waals surface area contributed by atoms with Gasteiger partial charge >= 0.3 is 0 Å². The van der Waals surface area contributed by atoms with E-state index in [-0.39, 0.29) is 0 Å². The molecule has 2 rings (SSSR count). The van der Waals surface area contributed by atoms with Gasteiger partial charge in [-0.2, -0.15) is 0 Å². The summed E-state index contributed by atoms with van der Waals surface area (Å²) in [5, 5.41) is 0. The van der Waals surface area contributed by atoms with Crippen LogP contribution in [0.3, 0.4) is 0 Å². The van der Waals surface area contributed by atoms with Gasteiger partial charge < -0.3 is 9.80 Å². The van der Waals surface area contributed by atoms with Gasteiger partial charge in [0.25, 0.3) is 0 Å². The van der Waals surface area contributed by atoms with Crippen molar-refractivity contribution in [1.82, 2.24) is 4.90 Å². The van der Waals surface area contributed by atoms with Crippen LogP contribution in [-0.4, -0.2) is 17.6 Å². The van der Waals surface area contributed by atoms with E-state index in [4.69, 9.17) is 0 Å². The van der Waals surface area contributed by atoms with E-state index in [1.807, 2.05) is 0 Å². The lowest BCUT2D eigenvalue weighted by Crippen LogP contribution is -2.39. The lowest BCUT2D eigenvalue weighted by Gasteiger charge is -2.33. The van der Waals surface area contributed by atoms with E-state index >= 15 is 0 Å². The predicted molar refractivity (Wildman–Crippen MR) is 175 cm³/mol. The maximum absolute atomic E-state index is 2.64. The fourth-order valence-corrected chi connectivity index (χ4v) is 6.21. The van der Waals surface area contributed by atoms with Crippen LogP contribution in [0.4, 0.5) is 5.69 Å². The van der Waals surface area contributed by atoms with Crippen LogP contribution in [0.25, 0.3) is 0 Å². The van der Waals surface area contributed by atoms with E-state index < -0.39 is 0 Å². The summed E-state index contributed by atoms with van der Waals surface area (Å²) in [4.78, 5) is 5.17. The van der Waals surface area contributed by atoms with E-state index in [1.54, 1.807) is 0 Å². The van der Waals surface area contributed by atoms with Crippen molar-refractivity contribution in [2.24, 2.45) is 0 Å². The van der Waals surface area contributed by atoms with Gasteiger partial charge in [0.1, 0.15) is 6.17 Å². The van der Waals surface area contributed by atoms with Gasteiger partial charge in [0.2, 0.25) is 0 Å². The second kappa shape index (κ2) is 24.4. The van der Waals surface area contributed by atoms with Crippen LogP contribution in [0.15, 0.2) is 42.7 Å². The fourth-order valence-electron chi connectivity index (χ4n) is 6.21. The molecule has 0 saturated carbocycles. The number of benzene rings is 1.